The van der Waals surface area contributed by atoms with E-state index in [1.54, 1.807) is 0 Å². The largest absolute Gasteiger partial charge is 0.226 e. The van der Waals surface area contributed by atoms with Crippen molar-refractivity contribution in [2.75, 3.05) is 0 Å². The maximum atomic E-state index is 4.47. The number of aromatic nitrogens is 8. The summed E-state index contributed by atoms with van der Waals surface area (Å²) in [7, 11) is 0. The molecule has 0 aliphatic heterocycles. The van der Waals surface area contributed by atoms with E-state index in [1.807, 2.05) is 79.7 Å². The molecule has 44 heavy (non-hydrogen) atoms. The lowest BCUT2D eigenvalue weighted by Crippen LogP contribution is -2.10. The lowest BCUT2D eigenvalue weighted by atomic mass is 9.81. The molecule has 0 aromatic carbocycles. The highest BCUT2D eigenvalue weighted by Crippen LogP contribution is 2.34. The Morgan fingerprint density at radius 1 is 0.273 bits per heavy atom. The predicted molar refractivity (Wildman–Crippen MR) is 168 cm³/mol. The number of rotatable bonds is 0. The summed E-state index contributed by atoms with van der Waals surface area (Å²) in [5.74, 6) is 26.9. The molecule has 0 amide bonds. The first-order valence-corrected chi connectivity index (χ1v) is 13.9. The minimum absolute atomic E-state index is 0.410. The third-order valence-electron chi connectivity index (χ3n) is 6.13. The van der Waals surface area contributed by atoms with E-state index in [1.165, 1.54) is 0 Å². The van der Waals surface area contributed by atoms with Crippen LogP contribution in [0.5, 0.6) is 0 Å². The van der Waals surface area contributed by atoms with E-state index < -0.39 is 0 Å². The average molecular weight is 573 g/mol. The van der Waals surface area contributed by atoms with Crippen molar-refractivity contribution in [3.8, 4) is 47.4 Å². The second-order valence-corrected chi connectivity index (χ2v) is 10.4. The van der Waals surface area contributed by atoms with Gasteiger partial charge in [0.2, 0.25) is 23.3 Å². The van der Waals surface area contributed by atoms with Crippen LogP contribution in [0.15, 0.2) is 46.6 Å². The van der Waals surface area contributed by atoms with Gasteiger partial charge in [-0.05, 0) is 103 Å². The van der Waals surface area contributed by atoms with Crippen LogP contribution in [0.1, 0.15) is 68.8 Å². The molecule has 0 atom stereocenters. The summed E-state index contributed by atoms with van der Waals surface area (Å²) in [6.45, 7) is 15.3. The summed E-state index contributed by atoms with van der Waals surface area (Å²) in [5.41, 5.74) is 9.13. The SMILES string of the molecule is Cc1cc(C)nc(C#CC2=C(C#Cc3nc(C)cc(C)n3)C(C#Cc3nc(C)cc(C)n3)=C2C#Cc2nc(C)cc(C)n2)n1. The highest BCUT2D eigenvalue weighted by Gasteiger charge is 2.26. The first kappa shape index (κ1) is 29.5. The Morgan fingerprint density at radius 3 is 0.591 bits per heavy atom. The summed E-state index contributed by atoms with van der Waals surface area (Å²) >= 11 is 0. The van der Waals surface area contributed by atoms with E-state index in [9.17, 15) is 0 Å². The summed E-state index contributed by atoms with van der Waals surface area (Å²) in [5, 5.41) is 0. The second-order valence-electron chi connectivity index (χ2n) is 10.4. The zero-order chi connectivity index (χ0) is 31.4. The lowest BCUT2D eigenvalue weighted by Gasteiger charge is -2.18. The van der Waals surface area contributed by atoms with Gasteiger partial charge in [-0.3, -0.25) is 0 Å². The number of allylic oxidation sites excluding steroid dienone is 4. The predicted octanol–water partition coefficient (Wildman–Crippen LogP) is 4.43. The van der Waals surface area contributed by atoms with Gasteiger partial charge in [-0.1, -0.05) is 23.7 Å². The summed E-state index contributed by atoms with van der Waals surface area (Å²) < 4.78 is 0. The van der Waals surface area contributed by atoms with Crippen LogP contribution in [0.3, 0.4) is 0 Å². The fourth-order valence-electron chi connectivity index (χ4n) is 4.54. The van der Waals surface area contributed by atoms with Crippen LogP contribution in [0, 0.1) is 103 Å². The summed E-state index contributed by atoms with van der Waals surface area (Å²) in [4.78, 5) is 35.8. The highest BCUT2D eigenvalue weighted by atomic mass is 14.9. The van der Waals surface area contributed by atoms with Gasteiger partial charge in [-0.15, -0.1) is 0 Å². The Bertz CT molecular complexity index is 1770. The van der Waals surface area contributed by atoms with Crippen molar-refractivity contribution < 1.29 is 0 Å². The zero-order valence-corrected chi connectivity index (χ0v) is 25.9. The van der Waals surface area contributed by atoms with Gasteiger partial charge in [0.1, 0.15) is 0 Å². The maximum Gasteiger partial charge on any atom is 0.205 e. The van der Waals surface area contributed by atoms with Gasteiger partial charge in [0.25, 0.3) is 0 Å². The molecule has 0 spiro atoms. The first-order valence-electron chi connectivity index (χ1n) is 13.9. The van der Waals surface area contributed by atoms with Gasteiger partial charge >= 0.3 is 0 Å². The van der Waals surface area contributed by atoms with E-state index >= 15 is 0 Å². The fourth-order valence-corrected chi connectivity index (χ4v) is 4.54. The topological polar surface area (TPSA) is 103 Å². The normalized spacial score (nSPS) is 11.6. The summed E-state index contributed by atoms with van der Waals surface area (Å²) in [6, 6.07) is 7.60. The second kappa shape index (κ2) is 12.5. The molecule has 4 aromatic rings. The van der Waals surface area contributed by atoms with Gasteiger partial charge in [0.15, 0.2) is 0 Å². The molecule has 1 aliphatic carbocycles. The molecule has 4 heterocycles. The van der Waals surface area contributed by atoms with Crippen LogP contribution in [0.25, 0.3) is 0 Å². The van der Waals surface area contributed by atoms with Crippen molar-refractivity contribution >= 4 is 0 Å². The molecule has 0 fully saturated rings. The van der Waals surface area contributed by atoms with Crippen molar-refractivity contribution in [3.05, 3.63) is 115 Å². The van der Waals surface area contributed by atoms with Crippen molar-refractivity contribution in [2.45, 2.75) is 55.4 Å². The molecule has 4 aromatic heterocycles. The molecule has 8 heteroatoms. The van der Waals surface area contributed by atoms with Crippen LogP contribution in [0.2, 0.25) is 0 Å². The van der Waals surface area contributed by atoms with Crippen LogP contribution in [-0.2, 0) is 0 Å². The number of nitrogens with zero attached hydrogens (tertiary/aromatic N) is 8. The Hall–Kier alpha value is -5.96. The summed E-state index contributed by atoms with van der Waals surface area (Å²) in [6.07, 6.45) is 0. The van der Waals surface area contributed by atoms with E-state index in [0.717, 1.165) is 45.6 Å². The molecule has 0 radical (unpaired) electrons. The van der Waals surface area contributed by atoms with Crippen LogP contribution < -0.4 is 0 Å². The highest BCUT2D eigenvalue weighted by molar-refractivity contribution is 5.82. The molecule has 8 nitrogen and oxygen atoms in total. The Kier molecular flexibility index (Phi) is 8.39. The van der Waals surface area contributed by atoms with E-state index in [-0.39, 0.29) is 0 Å². The van der Waals surface area contributed by atoms with Gasteiger partial charge in [0.05, 0.1) is 22.3 Å². The molecular formula is C36H28N8. The minimum atomic E-state index is 0.410. The van der Waals surface area contributed by atoms with Crippen molar-refractivity contribution in [1.29, 1.82) is 0 Å². The van der Waals surface area contributed by atoms with Crippen molar-refractivity contribution in [1.82, 2.24) is 39.9 Å². The van der Waals surface area contributed by atoms with Crippen LogP contribution >= 0.6 is 0 Å². The molecule has 1 aliphatic rings. The third kappa shape index (κ3) is 7.27. The zero-order valence-electron chi connectivity index (χ0n) is 25.9. The fraction of sp³-hybridized carbons (Fsp3) is 0.222. The van der Waals surface area contributed by atoms with Gasteiger partial charge in [-0.2, -0.15) is 0 Å². The minimum Gasteiger partial charge on any atom is -0.226 e. The van der Waals surface area contributed by atoms with Crippen molar-refractivity contribution in [2.24, 2.45) is 0 Å². The monoisotopic (exact) mass is 572 g/mol. The first-order chi connectivity index (χ1) is 21.0. The molecular weight excluding hydrogens is 544 g/mol. The van der Waals surface area contributed by atoms with E-state index in [4.69, 9.17) is 0 Å². The van der Waals surface area contributed by atoms with Crippen LogP contribution in [0.4, 0.5) is 0 Å². The molecule has 0 bridgehead atoms. The molecule has 212 valence electrons. The van der Waals surface area contributed by atoms with E-state index in [2.05, 4.69) is 87.2 Å². The Morgan fingerprint density at radius 2 is 0.432 bits per heavy atom. The number of aryl methyl sites for hydroxylation is 8. The molecule has 0 unspecified atom stereocenters. The van der Waals surface area contributed by atoms with Crippen LogP contribution in [-0.4, -0.2) is 39.9 Å². The Labute approximate surface area is 257 Å². The quantitative estimate of drug-likeness (QED) is 0.285. The van der Waals surface area contributed by atoms with E-state index in [0.29, 0.717) is 45.6 Å². The van der Waals surface area contributed by atoms with Crippen molar-refractivity contribution in [3.63, 3.8) is 0 Å². The van der Waals surface area contributed by atoms with Gasteiger partial charge < -0.3 is 0 Å². The standard InChI is InChI=1S/C36H28N8/c1-21-17-22(2)38-33(37-21)13-9-29-30(10-14-34-39-23(3)18-24(4)40-34)32(12-16-36-43-27(7)20-28(8)44-36)31(29)11-15-35-41-25(5)19-26(6)42-35/h17-20H,1-8H3. The smallest absolute Gasteiger partial charge is 0.205 e. The molecule has 5 rings (SSSR count). The lowest BCUT2D eigenvalue weighted by molar-refractivity contribution is 1.02. The molecule has 0 saturated heterocycles. The van der Waals surface area contributed by atoms with Gasteiger partial charge in [0, 0.05) is 45.6 Å². The average Bonchev–Trinajstić information content (AvgIpc) is 2.90. The third-order valence-corrected chi connectivity index (χ3v) is 6.13. The molecule has 0 saturated carbocycles. The van der Waals surface area contributed by atoms with Gasteiger partial charge in [-0.25, -0.2) is 39.9 Å². The Balaban J connectivity index is 1.69. The maximum absolute atomic E-state index is 4.47. The molecule has 0 N–H and O–H groups in total. The number of hydrogen-bond donors (Lipinski definition) is 0. The number of hydrogen-bond acceptors (Lipinski definition) is 8.